The Morgan fingerprint density at radius 3 is 1.86 bits per heavy atom. The van der Waals surface area contributed by atoms with E-state index in [1.165, 1.54) is 45.4 Å². The first-order valence-corrected chi connectivity index (χ1v) is 9.01. The Hall–Kier alpha value is -0.283. The van der Waals surface area contributed by atoms with E-state index in [1.807, 2.05) is 0 Å². The van der Waals surface area contributed by atoms with Crippen LogP contribution in [-0.2, 0) is 23.6 Å². The van der Waals surface area contributed by atoms with Gasteiger partial charge in [-0.15, -0.1) is 0 Å². The van der Waals surface area contributed by atoms with Gasteiger partial charge in [-0.2, -0.15) is 8.42 Å². The van der Waals surface area contributed by atoms with E-state index in [1.54, 1.807) is 0 Å². The van der Waals surface area contributed by atoms with Gasteiger partial charge in [-0.05, 0) is 13.3 Å². The summed E-state index contributed by atoms with van der Waals surface area (Å²) in [6.45, 7) is 6.91. The molecular weight excluding hydrogens is 299 g/mol. The number of rotatable bonds is 13. The van der Waals surface area contributed by atoms with E-state index in [0.29, 0.717) is 6.42 Å². The van der Waals surface area contributed by atoms with Crippen LogP contribution in [-0.4, -0.2) is 39.9 Å². The van der Waals surface area contributed by atoms with Crippen molar-refractivity contribution in [2.24, 2.45) is 0 Å². The molecule has 0 aromatic heterocycles. The summed E-state index contributed by atoms with van der Waals surface area (Å²) in [6.07, 6.45) is 10.1. The Morgan fingerprint density at radius 1 is 0.955 bits per heavy atom. The summed E-state index contributed by atoms with van der Waals surface area (Å²) in [7, 11) is -4.24. The van der Waals surface area contributed by atoms with Crippen molar-refractivity contribution < 1.29 is 21.6 Å². The zero-order valence-electron chi connectivity index (χ0n) is 13.2. The molecule has 0 spiro atoms. The van der Waals surface area contributed by atoms with Crippen molar-refractivity contribution in [3.63, 3.8) is 0 Å². The average molecular weight is 328 g/mol. The van der Waals surface area contributed by atoms with E-state index in [9.17, 15) is 13.2 Å². The predicted molar refractivity (Wildman–Crippen MR) is 90.2 cm³/mol. The van der Waals surface area contributed by atoms with Gasteiger partial charge in [-0.25, -0.2) is 8.98 Å². The number of hydrogen-bond donors (Lipinski definition) is 0. The molecule has 0 aromatic rings. The molecule has 0 saturated heterocycles. The molecule has 0 fully saturated rings. The van der Waals surface area contributed by atoms with Gasteiger partial charge in [0.25, 0.3) is 0 Å². The van der Waals surface area contributed by atoms with E-state index in [4.69, 9.17) is 0 Å². The minimum atomic E-state index is -4.24. The van der Waals surface area contributed by atoms with Gasteiger partial charge in [-0.1, -0.05) is 64.9 Å². The third kappa shape index (κ3) is 14.6. The summed E-state index contributed by atoms with van der Waals surface area (Å²) < 4.78 is 31.3. The molecule has 126 valence electrons. The molecular formula is C15H29LiO5S. The fourth-order valence-electron chi connectivity index (χ4n) is 1.76. The van der Waals surface area contributed by atoms with Gasteiger partial charge in [0, 0.05) is 5.57 Å². The van der Waals surface area contributed by atoms with Crippen molar-refractivity contribution in [1.82, 2.24) is 0 Å². The molecule has 0 aromatic carbocycles. The summed E-state index contributed by atoms with van der Waals surface area (Å²) in [5.74, 6) is -0.984. The third-order valence-corrected chi connectivity index (χ3v) is 3.81. The zero-order valence-corrected chi connectivity index (χ0v) is 14.0. The van der Waals surface area contributed by atoms with E-state index in [0.717, 1.165) is 12.8 Å². The quantitative estimate of drug-likeness (QED) is 0.295. The van der Waals surface area contributed by atoms with Crippen LogP contribution < -0.4 is 0 Å². The topological polar surface area (TPSA) is 69.7 Å². The Bertz CT molecular complexity index is 406. The average Bonchev–Trinajstić information content (AvgIpc) is 2.40. The molecule has 0 radical (unpaired) electrons. The first kappa shape index (κ1) is 24.0. The number of unbranched alkanes of at least 4 members (excludes halogenated alkanes) is 8. The van der Waals surface area contributed by atoms with Crippen LogP contribution in [0, 0.1) is 0 Å². The molecule has 0 aliphatic heterocycles. The molecule has 0 bridgehead atoms. The molecule has 0 atom stereocenters. The van der Waals surface area contributed by atoms with Gasteiger partial charge < -0.3 is 4.18 Å². The van der Waals surface area contributed by atoms with Gasteiger partial charge in [0.05, 0.1) is 6.61 Å². The van der Waals surface area contributed by atoms with Gasteiger partial charge in [-0.3, -0.25) is 0 Å². The molecule has 0 amide bonds. The molecule has 0 heterocycles. The Kier molecular flexibility index (Phi) is 15.6. The van der Waals surface area contributed by atoms with E-state index in [-0.39, 0.29) is 31.0 Å². The van der Waals surface area contributed by atoms with E-state index >= 15 is 0 Å². The van der Waals surface area contributed by atoms with Gasteiger partial charge in [0.2, 0.25) is 0 Å². The SMILES string of the molecule is C=C(C)C(=O)OS(=O)(=O)OCCCCCCCCCCC.[LiH]. The summed E-state index contributed by atoms with van der Waals surface area (Å²) >= 11 is 0. The molecule has 0 N–H and O–H groups in total. The Morgan fingerprint density at radius 2 is 1.41 bits per heavy atom. The van der Waals surface area contributed by atoms with E-state index in [2.05, 4.69) is 21.9 Å². The zero-order chi connectivity index (χ0) is 16.1. The molecule has 0 aliphatic carbocycles. The molecule has 0 aliphatic rings. The Balaban J connectivity index is 0. The minimum absolute atomic E-state index is 0. The molecule has 0 unspecified atom stereocenters. The summed E-state index contributed by atoms with van der Waals surface area (Å²) in [6, 6.07) is 0. The number of hydrogen-bond acceptors (Lipinski definition) is 5. The monoisotopic (exact) mass is 328 g/mol. The molecule has 22 heavy (non-hydrogen) atoms. The van der Waals surface area contributed by atoms with Crippen LogP contribution in [0.3, 0.4) is 0 Å². The summed E-state index contributed by atoms with van der Waals surface area (Å²) in [5, 5.41) is 0. The van der Waals surface area contributed by atoms with Gasteiger partial charge in [0.1, 0.15) is 0 Å². The second-order valence-corrected chi connectivity index (χ2v) is 6.43. The molecule has 7 heteroatoms. The van der Waals surface area contributed by atoms with E-state index < -0.39 is 16.4 Å². The van der Waals surface area contributed by atoms with Crippen LogP contribution in [0.25, 0.3) is 0 Å². The van der Waals surface area contributed by atoms with Crippen LogP contribution in [0.15, 0.2) is 12.2 Å². The standard InChI is InChI=1S/C15H28O5S.Li.H/c1-4-5-6-7-8-9-10-11-12-13-19-21(17,18)20-15(16)14(2)3;;/h2,4-13H2,1,3H3;;. The van der Waals surface area contributed by atoms with Crippen molar-refractivity contribution >= 4 is 35.2 Å². The second kappa shape index (κ2) is 14.3. The van der Waals surface area contributed by atoms with Gasteiger partial charge >= 0.3 is 35.2 Å². The molecule has 0 rings (SSSR count). The molecule has 5 nitrogen and oxygen atoms in total. The number of carbonyl (C=O) groups excluding carboxylic acids is 1. The van der Waals surface area contributed by atoms with Crippen molar-refractivity contribution in [1.29, 1.82) is 0 Å². The summed E-state index contributed by atoms with van der Waals surface area (Å²) in [5.41, 5.74) is 0.0187. The fraction of sp³-hybridized carbons (Fsp3) is 0.800. The van der Waals surface area contributed by atoms with Crippen LogP contribution in [0.4, 0.5) is 0 Å². The van der Waals surface area contributed by atoms with Crippen LogP contribution in [0.2, 0.25) is 0 Å². The van der Waals surface area contributed by atoms with Crippen molar-refractivity contribution in [2.75, 3.05) is 6.61 Å². The van der Waals surface area contributed by atoms with Crippen LogP contribution in [0.5, 0.6) is 0 Å². The maximum atomic E-state index is 11.3. The maximum absolute atomic E-state index is 11.3. The summed E-state index contributed by atoms with van der Waals surface area (Å²) in [4.78, 5) is 11.1. The fourth-order valence-corrected chi connectivity index (χ4v) is 2.46. The second-order valence-electron chi connectivity index (χ2n) is 5.21. The van der Waals surface area contributed by atoms with Crippen molar-refractivity contribution in [3.8, 4) is 0 Å². The third-order valence-electron chi connectivity index (χ3n) is 3.00. The normalized spacial score (nSPS) is 10.8. The van der Waals surface area contributed by atoms with Crippen molar-refractivity contribution in [2.45, 2.75) is 71.6 Å². The van der Waals surface area contributed by atoms with Crippen LogP contribution >= 0.6 is 0 Å². The Labute approximate surface area is 147 Å². The first-order valence-electron chi connectivity index (χ1n) is 7.67. The van der Waals surface area contributed by atoms with Crippen molar-refractivity contribution in [3.05, 3.63) is 12.2 Å². The predicted octanol–water partition coefficient (Wildman–Crippen LogP) is 3.25. The van der Waals surface area contributed by atoms with Crippen LogP contribution in [0.1, 0.15) is 71.6 Å². The number of carbonyl (C=O) groups is 1. The molecule has 0 saturated carbocycles. The van der Waals surface area contributed by atoms with Gasteiger partial charge in [0.15, 0.2) is 0 Å². The first-order chi connectivity index (χ1) is 9.89.